The Labute approximate surface area is 187 Å². The van der Waals surface area contributed by atoms with E-state index in [1.165, 1.54) is 0 Å². The van der Waals surface area contributed by atoms with Crippen molar-refractivity contribution in [1.29, 1.82) is 0 Å². The Balaban J connectivity index is 1.64. The second-order valence-corrected chi connectivity index (χ2v) is 7.64. The van der Waals surface area contributed by atoms with Crippen LogP contribution in [0.15, 0.2) is 54.6 Å². The van der Waals surface area contributed by atoms with Gasteiger partial charge in [0.1, 0.15) is 5.82 Å². The number of anilines is 1. The molecule has 0 bridgehead atoms. The van der Waals surface area contributed by atoms with E-state index in [1.54, 1.807) is 14.2 Å². The lowest BCUT2D eigenvalue weighted by atomic mass is 10.1. The first-order valence-electron chi connectivity index (χ1n) is 10.4. The number of methoxy groups -OCH3 is 2. The number of fused-ring (bicyclic) bond motifs is 1. The number of ether oxygens (including phenoxy) is 2. The van der Waals surface area contributed by atoms with Crippen molar-refractivity contribution in [3.8, 4) is 11.5 Å². The van der Waals surface area contributed by atoms with Crippen molar-refractivity contribution in [3.63, 3.8) is 0 Å². The number of amides is 1. The molecule has 2 aromatic carbocycles. The van der Waals surface area contributed by atoms with Crippen LogP contribution in [0.5, 0.6) is 11.5 Å². The first-order valence-corrected chi connectivity index (χ1v) is 10.4. The molecular formula is C25H26N4O3. The summed E-state index contributed by atoms with van der Waals surface area (Å²) in [4.78, 5) is 22.2. The van der Waals surface area contributed by atoms with Crippen LogP contribution in [0, 0.1) is 13.8 Å². The van der Waals surface area contributed by atoms with Crippen molar-refractivity contribution < 1.29 is 14.3 Å². The lowest BCUT2D eigenvalue weighted by Crippen LogP contribution is -2.20. The molecule has 0 saturated carbocycles. The van der Waals surface area contributed by atoms with Gasteiger partial charge >= 0.3 is 0 Å². The Morgan fingerprint density at radius 1 is 0.969 bits per heavy atom. The van der Waals surface area contributed by atoms with Crippen LogP contribution in [0.1, 0.15) is 27.4 Å². The molecule has 0 aliphatic carbocycles. The summed E-state index contributed by atoms with van der Waals surface area (Å²) in [5.41, 5.74) is 4.64. The first kappa shape index (κ1) is 21.4. The number of carbonyl (C=O) groups is 1. The van der Waals surface area contributed by atoms with Gasteiger partial charge in [-0.15, -0.1) is 0 Å². The van der Waals surface area contributed by atoms with Gasteiger partial charge < -0.3 is 19.4 Å². The molecule has 0 aliphatic heterocycles. The Bertz CT molecular complexity index is 1260. The molecule has 0 saturated heterocycles. The quantitative estimate of drug-likeness (QED) is 0.465. The maximum Gasteiger partial charge on any atom is 0.292 e. The molecule has 32 heavy (non-hydrogen) atoms. The number of pyridine rings is 1. The molecule has 2 aromatic heterocycles. The number of aromatic nitrogens is 3. The molecule has 0 spiro atoms. The molecule has 7 nitrogen and oxygen atoms in total. The van der Waals surface area contributed by atoms with Crippen LogP contribution in [0.2, 0.25) is 0 Å². The number of hydrogen-bond donors (Lipinski definition) is 1. The van der Waals surface area contributed by atoms with Crippen LogP contribution < -0.4 is 14.8 Å². The third-order valence-corrected chi connectivity index (χ3v) is 5.27. The van der Waals surface area contributed by atoms with Crippen molar-refractivity contribution >= 4 is 22.8 Å². The van der Waals surface area contributed by atoms with Gasteiger partial charge in [0.05, 0.1) is 25.3 Å². The third-order valence-electron chi connectivity index (χ3n) is 5.27. The van der Waals surface area contributed by atoms with Crippen molar-refractivity contribution in [2.24, 2.45) is 0 Å². The number of hydrogen-bond acceptors (Lipinski definition) is 5. The number of carbonyl (C=O) groups excluding carboxylic acids is 1. The molecule has 4 aromatic rings. The van der Waals surface area contributed by atoms with E-state index in [2.05, 4.69) is 15.3 Å². The third kappa shape index (κ3) is 4.42. The summed E-state index contributed by atoms with van der Waals surface area (Å²) in [6, 6.07) is 17.4. The van der Waals surface area contributed by atoms with Gasteiger partial charge in [0, 0.05) is 12.2 Å². The summed E-state index contributed by atoms with van der Waals surface area (Å²) in [5, 5.41) is 2.90. The standard InChI is InChI=1S/C25H26N4O3/c1-16-13-17(2)26-23(14-16)28-25(30)24-27-19-7-5-6-8-20(19)29(24)12-11-18-9-10-21(31-3)22(15-18)32-4/h5-10,13-15H,11-12H2,1-4H3,(H,26,28,30). The zero-order chi connectivity index (χ0) is 22.7. The summed E-state index contributed by atoms with van der Waals surface area (Å²) in [6.07, 6.45) is 0.697. The van der Waals surface area contributed by atoms with E-state index >= 15 is 0 Å². The molecule has 2 heterocycles. The fourth-order valence-electron chi connectivity index (χ4n) is 3.83. The Hall–Kier alpha value is -3.87. The highest BCUT2D eigenvalue weighted by molar-refractivity contribution is 6.03. The van der Waals surface area contributed by atoms with E-state index in [4.69, 9.17) is 9.47 Å². The van der Waals surface area contributed by atoms with Crippen LogP contribution in [0.3, 0.4) is 0 Å². The van der Waals surface area contributed by atoms with E-state index in [1.807, 2.05) is 73.0 Å². The zero-order valence-corrected chi connectivity index (χ0v) is 18.7. The molecule has 0 atom stereocenters. The van der Waals surface area contributed by atoms with Gasteiger partial charge in [-0.3, -0.25) is 4.79 Å². The monoisotopic (exact) mass is 430 g/mol. The molecule has 0 fully saturated rings. The number of nitrogens with zero attached hydrogens (tertiary/aromatic N) is 3. The first-order chi connectivity index (χ1) is 15.5. The Kier molecular flexibility index (Phi) is 6.07. The maximum absolute atomic E-state index is 13.2. The summed E-state index contributed by atoms with van der Waals surface area (Å²) >= 11 is 0. The van der Waals surface area contributed by atoms with Crippen LogP contribution in [-0.4, -0.2) is 34.7 Å². The van der Waals surface area contributed by atoms with E-state index in [0.29, 0.717) is 36.1 Å². The van der Waals surface area contributed by atoms with Gasteiger partial charge in [-0.05, 0) is 67.8 Å². The topological polar surface area (TPSA) is 78.3 Å². The molecule has 0 unspecified atom stereocenters. The largest absolute Gasteiger partial charge is 0.493 e. The fraction of sp³-hybridized carbons (Fsp3) is 0.240. The summed E-state index contributed by atoms with van der Waals surface area (Å²) in [7, 11) is 3.24. The smallest absolute Gasteiger partial charge is 0.292 e. The fourth-order valence-corrected chi connectivity index (χ4v) is 3.83. The second kappa shape index (κ2) is 9.09. The Morgan fingerprint density at radius 2 is 1.75 bits per heavy atom. The molecule has 164 valence electrons. The average Bonchev–Trinajstić information content (AvgIpc) is 3.15. The molecule has 0 radical (unpaired) electrons. The van der Waals surface area contributed by atoms with Crippen molar-refractivity contribution in [2.75, 3.05) is 19.5 Å². The minimum atomic E-state index is -0.286. The molecule has 0 aliphatic rings. The van der Waals surface area contributed by atoms with Crippen LogP contribution in [-0.2, 0) is 13.0 Å². The number of imidazole rings is 1. The number of nitrogens with one attached hydrogen (secondary N) is 1. The normalized spacial score (nSPS) is 10.9. The lowest BCUT2D eigenvalue weighted by Gasteiger charge is -2.12. The number of benzene rings is 2. The summed E-state index contributed by atoms with van der Waals surface area (Å²) in [6.45, 7) is 4.46. The van der Waals surface area contributed by atoms with Crippen molar-refractivity contribution in [1.82, 2.24) is 14.5 Å². The van der Waals surface area contributed by atoms with E-state index in [-0.39, 0.29) is 5.91 Å². The highest BCUT2D eigenvalue weighted by atomic mass is 16.5. The van der Waals surface area contributed by atoms with Gasteiger partial charge in [-0.2, -0.15) is 0 Å². The SMILES string of the molecule is COc1ccc(CCn2c(C(=O)Nc3cc(C)cc(C)n3)nc3ccccc32)cc1OC. The van der Waals surface area contributed by atoms with Gasteiger partial charge in [0.15, 0.2) is 17.3 Å². The van der Waals surface area contributed by atoms with E-state index < -0.39 is 0 Å². The predicted molar refractivity (Wildman–Crippen MR) is 125 cm³/mol. The highest BCUT2D eigenvalue weighted by Gasteiger charge is 2.18. The lowest BCUT2D eigenvalue weighted by molar-refractivity contribution is 0.101. The number of aryl methyl sites for hydroxylation is 4. The number of para-hydroxylation sites is 2. The highest BCUT2D eigenvalue weighted by Crippen LogP contribution is 2.28. The second-order valence-electron chi connectivity index (χ2n) is 7.64. The minimum absolute atomic E-state index is 0.286. The van der Waals surface area contributed by atoms with Crippen LogP contribution in [0.4, 0.5) is 5.82 Å². The summed E-state index contributed by atoms with van der Waals surface area (Å²) in [5.74, 6) is 1.95. The van der Waals surface area contributed by atoms with Crippen LogP contribution in [0.25, 0.3) is 11.0 Å². The molecule has 7 heteroatoms. The van der Waals surface area contributed by atoms with Gasteiger partial charge in [-0.25, -0.2) is 9.97 Å². The van der Waals surface area contributed by atoms with E-state index in [9.17, 15) is 4.79 Å². The minimum Gasteiger partial charge on any atom is -0.493 e. The maximum atomic E-state index is 13.2. The van der Waals surface area contributed by atoms with Crippen molar-refractivity contribution in [2.45, 2.75) is 26.8 Å². The molecular weight excluding hydrogens is 404 g/mol. The Morgan fingerprint density at radius 3 is 2.50 bits per heavy atom. The summed E-state index contributed by atoms with van der Waals surface area (Å²) < 4.78 is 12.7. The van der Waals surface area contributed by atoms with E-state index in [0.717, 1.165) is 27.9 Å². The zero-order valence-electron chi connectivity index (χ0n) is 18.7. The van der Waals surface area contributed by atoms with Gasteiger partial charge in [0.25, 0.3) is 5.91 Å². The average molecular weight is 431 g/mol. The molecule has 1 amide bonds. The van der Waals surface area contributed by atoms with Crippen molar-refractivity contribution in [3.05, 3.63) is 77.2 Å². The molecule has 1 N–H and O–H groups in total. The molecule has 4 rings (SSSR count). The van der Waals surface area contributed by atoms with Crippen LogP contribution >= 0.6 is 0 Å². The predicted octanol–water partition coefficient (Wildman–Crippen LogP) is 4.56. The van der Waals surface area contributed by atoms with Gasteiger partial charge in [-0.1, -0.05) is 18.2 Å². The van der Waals surface area contributed by atoms with Gasteiger partial charge in [0.2, 0.25) is 0 Å². The number of rotatable bonds is 7.